The average Bonchev–Trinajstić information content (AvgIpc) is 2.77. The zero-order chi connectivity index (χ0) is 14.9. The Hall–Kier alpha value is -0.480. The first-order valence-corrected chi connectivity index (χ1v) is 8.60. The number of aromatic nitrogens is 2. The first-order chi connectivity index (χ1) is 9.32. The van der Waals surface area contributed by atoms with Crippen LogP contribution >= 0.6 is 11.5 Å². The van der Waals surface area contributed by atoms with Crippen LogP contribution in [0.1, 0.15) is 70.5 Å². The Morgan fingerprint density at radius 3 is 2.25 bits per heavy atom. The minimum Gasteiger partial charge on any atom is -0.312 e. The summed E-state index contributed by atoms with van der Waals surface area (Å²) in [5, 5.41) is 7.98. The SMILES string of the molecule is CNC(c1snnc1C(C)(C)C)C1CC(C)CC(C)C1. The zero-order valence-corrected chi connectivity index (χ0v) is 14.5. The maximum atomic E-state index is 4.42. The van der Waals surface area contributed by atoms with Crippen LogP contribution in [-0.2, 0) is 5.41 Å². The van der Waals surface area contributed by atoms with E-state index in [9.17, 15) is 0 Å². The lowest BCUT2D eigenvalue weighted by Gasteiger charge is -2.36. The summed E-state index contributed by atoms with van der Waals surface area (Å²) in [4.78, 5) is 1.35. The van der Waals surface area contributed by atoms with Gasteiger partial charge in [0.15, 0.2) is 0 Å². The van der Waals surface area contributed by atoms with Gasteiger partial charge in [0.05, 0.1) is 10.6 Å². The minimum atomic E-state index is 0.0728. The molecule has 1 fully saturated rings. The fourth-order valence-corrected chi connectivity index (χ4v) is 4.85. The van der Waals surface area contributed by atoms with Gasteiger partial charge in [-0.15, -0.1) is 5.10 Å². The van der Waals surface area contributed by atoms with E-state index in [-0.39, 0.29) is 5.41 Å². The van der Waals surface area contributed by atoms with E-state index >= 15 is 0 Å². The van der Waals surface area contributed by atoms with Crippen molar-refractivity contribution in [1.29, 1.82) is 0 Å². The molecule has 1 saturated carbocycles. The molecule has 1 aliphatic carbocycles. The van der Waals surface area contributed by atoms with Crippen molar-refractivity contribution in [1.82, 2.24) is 14.9 Å². The molecule has 2 rings (SSSR count). The van der Waals surface area contributed by atoms with Gasteiger partial charge < -0.3 is 5.32 Å². The molecule has 1 N–H and O–H groups in total. The quantitative estimate of drug-likeness (QED) is 0.909. The van der Waals surface area contributed by atoms with Crippen LogP contribution in [0.15, 0.2) is 0 Å². The second-order valence-electron chi connectivity index (χ2n) is 7.68. The lowest BCUT2D eigenvalue weighted by atomic mass is 9.73. The van der Waals surface area contributed by atoms with Gasteiger partial charge in [0.1, 0.15) is 0 Å². The predicted octanol–water partition coefficient (Wildman–Crippen LogP) is 4.17. The van der Waals surface area contributed by atoms with Gasteiger partial charge in [-0.25, -0.2) is 0 Å². The fraction of sp³-hybridized carbons (Fsp3) is 0.875. The molecule has 0 bridgehead atoms. The smallest absolute Gasteiger partial charge is 0.0857 e. The van der Waals surface area contributed by atoms with Gasteiger partial charge >= 0.3 is 0 Å². The Morgan fingerprint density at radius 1 is 1.15 bits per heavy atom. The van der Waals surface area contributed by atoms with E-state index in [0.717, 1.165) is 11.8 Å². The number of rotatable bonds is 3. The van der Waals surface area contributed by atoms with Crippen LogP contribution in [0.5, 0.6) is 0 Å². The van der Waals surface area contributed by atoms with Gasteiger partial charge in [-0.3, -0.25) is 0 Å². The molecule has 0 saturated heterocycles. The lowest BCUT2D eigenvalue weighted by molar-refractivity contribution is 0.181. The summed E-state index contributed by atoms with van der Waals surface area (Å²) in [7, 11) is 2.08. The van der Waals surface area contributed by atoms with Gasteiger partial charge in [0, 0.05) is 11.5 Å². The largest absolute Gasteiger partial charge is 0.312 e. The molecule has 1 heterocycles. The summed E-state index contributed by atoms with van der Waals surface area (Å²) in [6, 6.07) is 0.412. The molecule has 4 heteroatoms. The van der Waals surface area contributed by atoms with Crippen molar-refractivity contribution < 1.29 is 0 Å². The van der Waals surface area contributed by atoms with Crippen molar-refractivity contribution in [2.24, 2.45) is 17.8 Å². The predicted molar refractivity (Wildman–Crippen MR) is 86.1 cm³/mol. The standard InChI is InChI=1S/C16H29N3S/c1-10-7-11(2)9-12(8-10)13(17-6)14-15(16(3,4)5)18-19-20-14/h10-13,17H,7-9H2,1-6H3. The lowest BCUT2D eigenvalue weighted by Crippen LogP contribution is -2.32. The molecule has 20 heavy (non-hydrogen) atoms. The average molecular weight is 295 g/mol. The van der Waals surface area contributed by atoms with E-state index in [1.54, 1.807) is 11.5 Å². The van der Waals surface area contributed by atoms with Crippen molar-refractivity contribution in [2.45, 2.75) is 65.3 Å². The maximum absolute atomic E-state index is 4.42. The first-order valence-electron chi connectivity index (χ1n) is 7.83. The minimum absolute atomic E-state index is 0.0728. The van der Waals surface area contributed by atoms with Gasteiger partial charge in [-0.05, 0) is 55.6 Å². The van der Waals surface area contributed by atoms with Crippen LogP contribution in [0.2, 0.25) is 0 Å². The summed E-state index contributed by atoms with van der Waals surface area (Å²) in [5.41, 5.74) is 1.25. The van der Waals surface area contributed by atoms with E-state index in [4.69, 9.17) is 0 Å². The highest BCUT2D eigenvalue weighted by Gasteiger charge is 2.34. The van der Waals surface area contributed by atoms with Crippen molar-refractivity contribution in [3.63, 3.8) is 0 Å². The van der Waals surface area contributed by atoms with Crippen molar-refractivity contribution in [2.75, 3.05) is 7.05 Å². The van der Waals surface area contributed by atoms with Gasteiger partial charge in [0.25, 0.3) is 0 Å². The summed E-state index contributed by atoms with van der Waals surface area (Å²) < 4.78 is 4.24. The normalized spacial score (nSPS) is 29.4. The molecule has 1 aromatic heterocycles. The molecule has 0 amide bonds. The van der Waals surface area contributed by atoms with Crippen LogP contribution in [0.3, 0.4) is 0 Å². The molecule has 3 atom stereocenters. The summed E-state index contributed by atoms with van der Waals surface area (Å²) in [5.74, 6) is 2.37. The van der Waals surface area contributed by atoms with E-state index < -0.39 is 0 Å². The molecule has 0 aromatic carbocycles. The topological polar surface area (TPSA) is 37.8 Å². The van der Waals surface area contributed by atoms with Crippen molar-refractivity contribution in [3.05, 3.63) is 10.6 Å². The Labute approximate surface area is 127 Å². The van der Waals surface area contributed by atoms with Crippen LogP contribution in [0.25, 0.3) is 0 Å². The second-order valence-corrected chi connectivity index (χ2v) is 8.47. The number of hydrogen-bond donors (Lipinski definition) is 1. The van der Waals surface area contributed by atoms with Crippen LogP contribution in [0, 0.1) is 17.8 Å². The van der Waals surface area contributed by atoms with Crippen molar-refractivity contribution in [3.8, 4) is 0 Å². The van der Waals surface area contributed by atoms with Gasteiger partial charge in [-0.1, -0.05) is 39.1 Å². The third kappa shape index (κ3) is 3.40. The highest BCUT2D eigenvalue weighted by Crippen LogP contribution is 2.42. The van der Waals surface area contributed by atoms with E-state index in [1.807, 2.05) is 0 Å². The molecule has 0 radical (unpaired) electrons. The van der Waals surface area contributed by atoms with E-state index in [2.05, 4.69) is 56.6 Å². The van der Waals surface area contributed by atoms with Crippen LogP contribution < -0.4 is 5.32 Å². The Kier molecular flexibility index (Phi) is 4.85. The fourth-order valence-electron chi connectivity index (χ4n) is 3.78. The molecule has 1 aliphatic rings. The monoisotopic (exact) mass is 295 g/mol. The van der Waals surface area contributed by atoms with Crippen molar-refractivity contribution >= 4 is 11.5 Å². The second kappa shape index (κ2) is 6.10. The molecular formula is C16H29N3S. The third-order valence-electron chi connectivity index (χ3n) is 4.50. The Balaban J connectivity index is 2.26. The van der Waals surface area contributed by atoms with Gasteiger partial charge in [0.2, 0.25) is 0 Å². The van der Waals surface area contributed by atoms with Crippen LogP contribution in [0.4, 0.5) is 0 Å². The molecule has 1 aromatic rings. The maximum Gasteiger partial charge on any atom is 0.0857 e. The summed E-state index contributed by atoms with van der Waals surface area (Å²) in [6.07, 6.45) is 4.01. The highest BCUT2D eigenvalue weighted by atomic mass is 32.1. The number of nitrogens with zero attached hydrogens (tertiary/aromatic N) is 2. The van der Waals surface area contributed by atoms with Gasteiger partial charge in [-0.2, -0.15) is 0 Å². The first kappa shape index (κ1) is 15.9. The Morgan fingerprint density at radius 2 is 1.75 bits per heavy atom. The zero-order valence-electron chi connectivity index (χ0n) is 13.7. The van der Waals surface area contributed by atoms with E-state index in [1.165, 1.54) is 29.8 Å². The Bertz CT molecular complexity index is 425. The summed E-state index contributed by atoms with van der Waals surface area (Å²) in [6.45, 7) is 11.5. The number of nitrogens with one attached hydrogen (secondary N) is 1. The van der Waals surface area contributed by atoms with E-state index in [0.29, 0.717) is 12.0 Å². The number of hydrogen-bond acceptors (Lipinski definition) is 4. The summed E-state index contributed by atoms with van der Waals surface area (Å²) >= 11 is 1.58. The highest BCUT2D eigenvalue weighted by molar-refractivity contribution is 7.05. The molecular weight excluding hydrogens is 266 g/mol. The molecule has 0 spiro atoms. The molecule has 114 valence electrons. The molecule has 3 unspecified atom stereocenters. The molecule has 3 nitrogen and oxygen atoms in total. The van der Waals surface area contributed by atoms with Crippen LogP contribution in [-0.4, -0.2) is 16.6 Å². The third-order valence-corrected chi connectivity index (χ3v) is 5.31. The molecule has 0 aliphatic heterocycles.